The molecule has 0 bridgehead atoms. The molecular weight excluding hydrogens is 372 g/mol. The maximum absolute atomic E-state index is 12.5. The molecule has 0 aromatic heterocycles. The van der Waals surface area contributed by atoms with Gasteiger partial charge >= 0.3 is 5.97 Å². The predicted octanol–water partition coefficient (Wildman–Crippen LogP) is 7.55. The second-order valence-electron chi connectivity index (χ2n) is 8.54. The number of esters is 1. The SMILES string of the molecule is CCCCCC1CCC(c2ccc(C(=O)Oc3ccc(OCCC)cc3)cc2)CC1. The number of hydrogen-bond donors (Lipinski definition) is 0. The Morgan fingerprint density at radius 1 is 0.833 bits per heavy atom. The summed E-state index contributed by atoms with van der Waals surface area (Å²) in [6.07, 6.45) is 11.7. The van der Waals surface area contributed by atoms with Crippen LogP contribution in [0.5, 0.6) is 11.5 Å². The van der Waals surface area contributed by atoms with Crippen LogP contribution >= 0.6 is 0 Å². The van der Waals surface area contributed by atoms with E-state index in [0.717, 1.165) is 18.1 Å². The summed E-state index contributed by atoms with van der Waals surface area (Å²) in [6, 6.07) is 15.3. The first-order chi connectivity index (χ1) is 14.7. The fraction of sp³-hybridized carbons (Fsp3) is 0.519. The Balaban J connectivity index is 1.48. The van der Waals surface area contributed by atoms with Crippen molar-refractivity contribution in [3.63, 3.8) is 0 Å². The smallest absolute Gasteiger partial charge is 0.343 e. The molecule has 2 aromatic rings. The molecule has 2 aromatic carbocycles. The average molecular weight is 409 g/mol. The number of rotatable bonds is 10. The second-order valence-corrected chi connectivity index (χ2v) is 8.54. The minimum atomic E-state index is -0.316. The number of hydrogen-bond acceptors (Lipinski definition) is 3. The van der Waals surface area contributed by atoms with E-state index < -0.39 is 0 Å². The summed E-state index contributed by atoms with van der Waals surface area (Å²) in [5.74, 6) is 2.56. The third-order valence-corrected chi connectivity index (χ3v) is 6.19. The van der Waals surface area contributed by atoms with E-state index in [1.54, 1.807) is 12.1 Å². The van der Waals surface area contributed by atoms with Crippen molar-refractivity contribution in [3.8, 4) is 11.5 Å². The lowest BCUT2D eigenvalue weighted by atomic mass is 9.77. The van der Waals surface area contributed by atoms with Crippen molar-refractivity contribution < 1.29 is 14.3 Å². The summed E-state index contributed by atoms with van der Waals surface area (Å²) in [5, 5.41) is 0. The summed E-state index contributed by atoms with van der Waals surface area (Å²) >= 11 is 0. The lowest BCUT2D eigenvalue weighted by Crippen LogP contribution is -2.14. The Morgan fingerprint density at radius 3 is 2.13 bits per heavy atom. The van der Waals surface area contributed by atoms with Gasteiger partial charge in [-0.2, -0.15) is 0 Å². The number of ether oxygens (including phenoxy) is 2. The molecule has 0 aliphatic heterocycles. The lowest BCUT2D eigenvalue weighted by molar-refractivity contribution is 0.0734. The fourth-order valence-corrected chi connectivity index (χ4v) is 4.35. The number of carbonyl (C=O) groups excluding carboxylic acids is 1. The van der Waals surface area contributed by atoms with Gasteiger partial charge in [-0.15, -0.1) is 0 Å². The Kier molecular flexibility index (Phi) is 8.80. The molecule has 1 saturated carbocycles. The Morgan fingerprint density at radius 2 is 1.50 bits per heavy atom. The molecule has 0 amide bonds. The van der Waals surface area contributed by atoms with Gasteiger partial charge in [0.1, 0.15) is 11.5 Å². The summed E-state index contributed by atoms with van der Waals surface area (Å²) in [4.78, 5) is 12.5. The van der Waals surface area contributed by atoms with Crippen LogP contribution in [0.25, 0.3) is 0 Å². The zero-order valence-electron chi connectivity index (χ0n) is 18.6. The second kappa shape index (κ2) is 11.8. The van der Waals surface area contributed by atoms with E-state index in [4.69, 9.17) is 9.47 Å². The average Bonchev–Trinajstić information content (AvgIpc) is 2.79. The highest BCUT2D eigenvalue weighted by Gasteiger charge is 2.22. The van der Waals surface area contributed by atoms with Crippen molar-refractivity contribution in [1.29, 1.82) is 0 Å². The zero-order chi connectivity index (χ0) is 21.2. The van der Waals surface area contributed by atoms with Crippen LogP contribution in [0.1, 0.15) is 93.5 Å². The number of benzene rings is 2. The van der Waals surface area contributed by atoms with Gasteiger partial charge in [0.2, 0.25) is 0 Å². The Labute approximate surface area is 181 Å². The first-order valence-corrected chi connectivity index (χ1v) is 11.7. The van der Waals surface area contributed by atoms with Gasteiger partial charge in [-0.25, -0.2) is 4.79 Å². The van der Waals surface area contributed by atoms with E-state index in [0.29, 0.717) is 23.8 Å². The third-order valence-electron chi connectivity index (χ3n) is 6.19. The van der Waals surface area contributed by atoms with E-state index in [-0.39, 0.29) is 5.97 Å². The molecule has 3 rings (SSSR count). The molecule has 162 valence electrons. The normalized spacial score (nSPS) is 18.7. The summed E-state index contributed by atoms with van der Waals surface area (Å²) in [6.45, 7) is 5.03. The fourth-order valence-electron chi connectivity index (χ4n) is 4.35. The lowest BCUT2D eigenvalue weighted by Gasteiger charge is -2.29. The van der Waals surface area contributed by atoms with Crippen molar-refractivity contribution in [2.24, 2.45) is 5.92 Å². The summed E-state index contributed by atoms with van der Waals surface area (Å²) in [5.41, 5.74) is 1.95. The van der Waals surface area contributed by atoms with Crippen LogP contribution in [-0.2, 0) is 0 Å². The highest BCUT2D eigenvalue weighted by atomic mass is 16.5. The van der Waals surface area contributed by atoms with Gasteiger partial charge < -0.3 is 9.47 Å². The van der Waals surface area contributed by atoms with Gasteiger partial charge in [-0.05, 0) is 85.9 Å². The standard InChI is InChI=1S/C27H36O3/c1-3-5-6-7-21-8-10-22(11-9-21)23-12-14-24(15-13-23)27(28)30-26-18-16-25(17-19-26)29-20-4-2/h12-19,21-22H,3-11,20H2,1-2H3. The summed E-state index contributed by atoms with van der Waals surface area (Å²) in [7, 11) is 0. The van der Waals surface area contributed by atoms with Gasteiger partial charge in [-0.3, -0.25) is 0 Å². The Hall–Kier alpha value is -2.29. The van der Waals surface area contributed by atoms with Crippen LogP contribution in [0.4, 0.5) is 0 Å². The van der Waals surface area contributed by atoms with E-state index >= 15 is 0 Å². The molecule has 0 spiro atoms. The molecule has 3 heteroatoms. The molecule has 30 heavy (non-hydrogen) atoms. The van der Waals surface area contributed by atoms with Gasteiger partial charge in [-0.1, -0.05) is 51.7 Å². The van der Waals surface area contributed by atoms with Crippen LogP contribution < -0.4 is 9.47 Å². The zero-order valence-corrected chi connectivity index (χ0v) is 18.6. The van der Waals surface area contributed by atoms with Crippen molar-refractivity contribution >= 4 is 5.97 Å². The molecule has 0 atom stereocenters. The largest absolute Gasteiger partial charge is 0.494 e. The van der Waals surface area contributed by atoms with Gasteiger partial charge in [0.15, 0.2) is 0 Å². The Bertz CT molecular complexity index is 756. The van der Waals surface area contributed by atoms with Crippen LogP contribution in [0.2, 0.25) is 0 Å². The molecule has 1 aliphatic carbocycles. The van der Waals surface area contributed by atoms with Crippen molar-refractivity contribution in [2.45, 2.75) is 77.6 Å². The van der Waals surface area contributed by atoms with Gasteiger partial charge in [0.05, 0.1) is 12.2 Å². The minimum Gasteiger partial charge on any atom is -0.494 e. The number of unbranched alkanes of at least 4 members (excludes halogenated alkanes) is 2. The summed E-state index contributed by atoms with van der Waals surface area (Å²) < 4.78 is 11.1. The monoisotopic (exact) mass is 408 g/mol. The topological polar surface area (TPSA) is 35.5 Å². The predicted molar refractivity (Wildman–Crippen MR) is 122 cm³/mol. The maximum atomic E-state index is 12.5. The van der Waals surface area contributed by atoms with E-state index in [1.165, 1.54) is 56.9 Å². The van der Waals surface area contributed by atoms with Crippen LogP contribution in [0, 0.1) is 5.92 Å². The van der Waals surface area contributed by atoms with E-state index in [2.05, 4.69) is 26.0 Å². The molecular formula is C27H36O3. The van der Waals surface area contributed by atoms with Gasteiger partial charge in [0.25, 0.3) is 0 Å². The van der Waals surface area contributed by atoms with E-state index in [9.17, 15) is 4.79 Å². The maximum Gasteiger partial charge on any atom is 0.343 e. The minimum absolute atomic E-state index is 0.316. The molecule has 0 N–H and O–H groups in total. The molecule has 0 saturated heterocycles. The highest BCUT2D eigenvalue weighted by Crippen LogP contribution is 2.37. The quantitative estimate of drug-likeness (QED) is 0.231. The van der Waals surface area contributed by atoms with E-state index in [1.807, 2.05) is 24.3 Å². The first kappa shape index (κ1) is 22.4. The first-order valence-electron chi connectivity index (χ1n) is 11.7. The molecule has 3 nitrogen and oxygen atoms in total. The van der Waals surface area contributed by atoms with Crippen LogP contribution in [-0.4, -0.2) is 12.6 Å². The van der Waals surface area contributed by atoms with Crippen LogP contribution in [0.15, 0.2) is 48.5 Å². The molecule has 1 aliphatic rings. The molecule has 1 fully saturated rings. The van der Waals surface area contributed by atoms with Crippen molar-refractivity contribution in [2.75, 3.05) is 6.61 Å². The third kappa shape index (κ3) is 6.62. The van der Waals surface area contributed by atoms with Crippen molar-refractivity contribution in [1.82, 2.24) is 0 Å². The molecule has 0 heterocycles. The van der Waals surface area contributed by atoms with Crippen LogP contribution in [0.3, 0.4) is 0 Å². The molecule has 0 radical (unpaired) electrons. The highest BCUT2D eigenvalue weighted by molar-refractivity contribution is 5.91. The molecule has 0 unspecified atom stereocenters. The number of carbonyl (C=O) groups is 1. The van der Waals surface area contributed by atoms with Gasteiger partial charge in [0, 0.05) is 0 Å². The van der Waals surface area contributed by atoms with Crippen molar-refractivity contribution in [3.05, 3.63) is 59.7 Å².